The van der Waals surface area contributed by atoms with Gasteiger partial charge >= 0.3 is 0 Å². The molecule has 3 N–H and O–H groups in total. The largest absolute Gasteiger partial charge is 0.326 e. The number of hydrogen-bond donors (Lipinski definition) is 2. The highest BCUT2D eigenvalue weighted by molar-refractivity contribution is 7.88. The maximum atomic E-state index is 10.9. The Balaban J connectivity index is 2.50. The molecule has 0 aliphatic heterocycles. The van der Waals surface area contributed by atoms with E-state index in [2.05, 4.69) is 4.72 Å². The van der Waals surface area contributed by atoms with E-state index in [9.17, 15) is 8.42 Å². The third-order valence-corrected chi connectivity index (χ3v) is 2.92. The van der Waals surface area contributed by atoms with E-state index in [1.807, 2.05) is 0 Å². The summed E-state index contributed by atoms with van der Waals surface area (Å²) in [6.45, 7) is 0. The van der Waals surface area contributed by atoms with Crippen LogP contribution >= 0.6 is 0 Å². The summed E-state index contributed by atoms with van der Waals surface area (Å²) in [4.78, 5) is 0. The lowest BCUT2D eigenvalue weighted by atomic mass is 9.92. The zero-order valence-corrected chi connectivity index (χ0v) is 8.10. The Labute approximate surface area is 73.6 Å². The first-order valence-corrected chi connectivity index (χ1v) is 6.11. The molecule has 0 aromatic rings. The van der Waals surface area contributed by atoms with Gasteiger partial charge in [-0.3, -0.25) is 0 Å². The Morgan fingerprint density at radius 2 is 1.92 bits per heavy atom. The second-order valence-electron chi connectivity index (χ2n) is 3.44. The molecule has 1 rings (SSSR count). The fourth-order valence-electron chi connectivity index (χ4n) is 1.58. The number of nitrogens with one attached hydrogen (secondary N) is 1. The highest BCUT2D eigenvalue weighted by Crippen LogP contribution is 2.17. The minimum Gasteiger partial charge on any atom is -0.326 e. The van der Waals surface area contributed by atoms with Gasteiger partial charge in [0, 0.05) is 12.1 Å². The van der Waals surface area contributed by atoms with E-state index < -0.39 is 10.0 Å². The van der Waals surface area contributed by atoms with Gasteiger partial charge in [0.15, 0.2) is 0 Å². The molecule has 0 unspecified atom stereocenters. The van der Waals surface area contributed by atoms with Crippen molar-refractivity contribution in [1.82, 2.24) is 4.72 Å². The van der Waals surface area contributed by atoms with Gasteiger partial charge in [0.2, 0.25) is 10.0 Å². The van der Waals surface area contributed by atoms with Gasteiger partial charge in [-0.25, -0.2) is 13.1 Å². The number of rotatable bonds is 2. The van der Waals surface area contributed by atoms with Crippen LogP contribution in [0.3, 0.4) is 0 Å². The standard InChI is InChI=1S/C7H16N2O2S/c1-12(10,11)9-7-5-3-2-4-6(7)8/h6-7,9H,2-5,8H2,1H3/t6-,7-/m1/s1. The van der Waals surface area contributed by atoms with Crippen molar-refractivity contribution in [2.45, 2.75) is 37.8 Å². The first-order chi connectivity index (χ1) is 5.49. The first kappa shape index (κ1) is 9.95. The van der Waals surface area contributed by atoms with Gasteiger partial charge in [-0.1, -0.05) is 12.8 Å². The summed E-state index contributed by atoms with van der Waals surface area (Å²) in [5.74, 6) is 0. The van der Waals surface area contributed by atoms with Crippen LogP contribution < -0.4 is 10.5 Å². The van der Waals surface area contributed by atoms with Crippen molar-refractivity contribution < 1.29 is 8.42 Å². The van der Waals surface area contributed by atoms with E-state index >= 15 is 0 Å². The molecule has 1 fully saturated rings. The van der Waals surface area contributed by atoms with E-state index in [1.54, 1.807) is 0 Å². The Hall–Kier alpha value is -0.130. The maximum Gasteiger partial charge on any atom is 0.209 e. The molecule has 72 valence electrons. The summed E-state index contributed by atoms with van der Waals surface area (Å²) < 4.78 is 24.3. The SMILES string of the molecule is CS(=O)(=O)N[C@@H]1CCCC[C@H]1N. The normalized spacial score (nSPS) is 31.8. The monoisotopic (exact) mass is 192 g/mol. The third kappa shape index (κ3) is 3.08. The summed E-state index contributed by atoms with van der Waals surface area (Å²) in [5.41, 5.74) is 5.76. The van der Waals surface area contributed by atoms with Crippen molar-refractivity contribution in [3.63, 3.8) is 0 Å². The number of nitrogens with two attached hydrogens (primary N) is 1. The first-order valence-electron chi connectivity index (χ1n) is 4.22. The van der Waals surface area contributed by atoms with E-state index in [1.165, 1.54) is 6.26 Å². The summed E-state index contributed by atoms with van der Waals surface area (Å²) in [7, 11) is -3.09. The van der Waals surface area contributed by atoms with Gasteiger partial charge in [0.25, 0.3) is 0 Å². The summed E-state index contributed by atoms with van der Waals surface area (Å²) in [6.07, 6.45) is 5.15. The molecule has 12 heavy (non-hydrogen) atoms. The smallest absolute Gasteiger partial charge is 0.209 e. The molecule has 0 saturated heterocycles. The summed E-state index contributed by atoms with van der Waals surface area (Å²) in [5, 5.41) is 0. The fraction of sp³-hybridized carbons (Fsp3) is 1.00. The van der Waals surface area contributed by atoms with E-state index in [4.69, 9.17) is 5.73 Å². The average molecular weight is 192 g/mol. The fourth-order valence-corrected chi connectivity index (χ4v) is 2.42. The lowest BCUT2D eigenvalue weighted by Gasteiger charge is -2.28. The highest BCUT2D eigenvalue weighted by atomic mass is 32.2. The second-order valence-corrected chi connectivity index (χ2v) is 5.22. The molecule has 5 heteroatoms. The molecule has 2 atom stereocenters. The second kappa shape index (κ2) is 3.72. The van der Waals surface area contributed by atoms with E-state index in [0.29, 0.717) is 0 Å². The van der Waals surface area contributed by atoms with E-state index in [0.717, 1.165) is 25.7 Å². The maximum absolute atomic E-state index is 10.9. The lowest BCUT2D eigenvalue weighted by Crippen LogP contribution is -2.48. The molecule has 0 heterocycles. The van der Waals surface area contributed by atoms with Crippen LogP contribution in [0.4, 0.5) is 0 Å². The minimum absolute atomic E-state index is 0.00604. The van der Waals surface area contributed by atoms with Crippen LogP contribution in [0.15, 0.2) is 0 Å². The highest BCUT2D eigenvalue weighted by Gasteiger charge is 2.23. The quantitative estimate of drug-likeness (QED) is 0.636. The zero-order valence-electron chi connectivity index (χ0n) is 7.29. The molecule has 0 amide bonds. The van der Waals surface area contributed by atoms with Crippen molar-refractivity contribution in [2.24, 2.45) is 5.73 Å². The van der Waals surface area contributed by atoms with Crippen molar-refractivity contribution in [3.8, 4) is 0 Å². The van der Waals surface area contributed by atoms with E-state index in [-0.39, 0.29) is 12.1 Å². The van der Waals surface area contributed by atoms with Crippen LogP contribution in [-0.2, 0) is 10.0 Å². The summed E-state index contributed by atoms with van der Waals surface area (Å²) >= 11 is 0. The van der Waals surface area contributed by atoms with Crippen molar-refractivity contribution in [2.75, 3.05) is 6.26 Å². The van der Waals surface area contributed by atoms with Gasteiger partial charge in [0.1, 0.15) is 0 Å². The molecule has 1 aliphatic carbocycles. The molecule has 1 aliphatic rings. The molecule has 0 aromatic carbocycles. The molecule has 4 nitrogen and oxygen atoms in total. The van der Waals surface area contributed by atoms with Crippen LogP contribution in [0.25, 0.3) is 0 Å². The molecule has 0 aromatic heterocycles. The van der Waals surface area contributed by atoms with Crippen LogP contribution in [0.5, 0.6) is 0 Å². The van der Waals surface area contributed by atoms with Gasteiger partial charge in [-0.2, -0.15) is 0 Å². The van der Waals surface area contributed by atoms with Crippen LogP contribution in [0, 0.1) is 0 Å². The van der Waals surface area contributed by atoms with Crippen molar-refractivity contribution in [3.05, 3.63) is 0 Å². The molecule has 0 radical (unpaired) electrons. The molecule has 0 spiro atoms. The molecule has 1 saturated carbocycles. The van der Waals surface area contributed by atoms with Crippen molar-refractivity contribution >= 4 is 10.0 Å². The summed E-state index contributed by atoms with van der Waals surface area (Å²) in [6, 6.07) is -0.0535. The van der Waals surface area contributed by atoms with Crippen molar-refractivity contribution in [1.29, 1.82) is 0 Å². The Kier molecular flexibility index (Phi) is 3.09. The van der Waals surface area contributed by atoms with Gasteiger partial charge < -0.3 is 5.73 Å². The minimum atomic E-state index is -3.09. The Morgan fingerprint density at radius 3 is 2.42 bits per heavy atom. The Morgan fingerprint density at radius 1 is 1.33 bits per heavy atom. The third-order valence-electron chi connectivity index (χ3n) is 2.18. The zero-order chi connectivity index (χ0) is 9.19. The molecular weight excluding hydrogens is 176 g/mol. The predicted octanol–water partition coefficient (Wildman–Crippen LogP) is -0.195. The van der Waals surface area contributed by atoms with Crippen LogP contribution in [0.1, 0.15) is 25.7 Å². The molecular formula is C7H16N2O2S. The van der Waals surface area contributed by atoms with Gasteiger partial charge in [-0.05, 0) is 12.8 Å². The lowest BCUT2D eigenvalue weighted by molar-refractivity contribution is 0.361. The molecule has 0 bridgehead atoms. The topological polar surface area (TPSA) is 72.2 Å². The van der Waals surface area contributed by atoms with Crippen LogP contribution in [-0.4, -0.2) is 26.8 Å². The van der Waals surface area contributed by atoms with Gasteiger partial charge in [-0.15, -0.1) is 0 Å². The predicted molar refractivity (Wildman–Crippen MR) is 48.2 cm³/mol. The number of hydrogen-bond acceptors (Lipinski definition) is 3. The number of sulfonamides is 1. The van der Waals surface area contributed by atoms with Gasteiger partial charge in [0.05, 0.1) is 6.26 Å². The average Bonchev–Trinajstić information content (AvgIpc) is 1.91. The van der Waals surface area contributed by atoms with Crippen LogP contribution in [0.2, 0.25) is 0 Å². The Bertz CT molecular complexity index is 238.